The molecule has 80 valence electrons. The molecule has 2 bridgehead atoms. The summed E-state index contributed by atoms with van der Waals surface area (Å²) in [7, 11) is 0. The molecule has 0 saturated heterocycles. The van der Waals surface area contributed by atoms with E-state index in [1.54, 1.807) is 0 Å². The fourth-order valence-electron chi connectivity index (χ4n) is 3.57. The van der Waals surface area contributed by atoms with Gasteiger partial charge in [0.05, 0.1) is 5.60 Å². The van der Waals surface area contributed by atoms with E-state index >= 15 is 0 Å². The van der Waals surface area contributed by atoms with Gasteiger partial charge in [-0.2, -0.15) is 0 Å². The van der Waals surface area contributed by atoms with E-state index in [4.69, 9.17) is 0 Å². The Balaban J connectivity index is 1.91. The van der Waals surface area contributed by atoms with Crippen molar-refractivity contribution in [2.24, 2.45) is 11.8 Å². The van der Waals surface area contributed by atoms with Crippen molar-refractivity contribution in [3.05, 3.63) is 35.9 Å². The Morgan fingerprint density at radius 1 is 1.00 bits per heavy atom. The molecular formula is C14H18O. The van der Waals surface area contributed by atoms with Gasteiger partial charge in [-0.15, -0.1) is 0 Å². The molecule has 2 aliphatic rings. The van der Waals surface area contributed by atoms with Gasteiger partial charge in [-0.05, 0) is 36.7 Å². The summed E-state index contributed by atoms with van der Waals surface area (Å²) in [5, 5.41) is 10.7. The highest BCUT2D eigenvalue weighted by atomic mass is 16.3. The SMILES string of the molecule is OC1(c2ccccc2)C[C@@H]2CC[C@@H](C2)C1. The quantitative estimate of drug-likeness (QED) is 0.742. The van der Waals surface area contributed by atoms with Gasteiger partial charge in [0.2, 0.25) is 0 Å². The molecular weight excluding hydrogens is 184 g/mol. The molecule has 0 aromatic heterocycles. The zero-order chi connectivity index (χ0) is 10.3. The van der Waals surface area contributed by atoms with Crippen molar-refractivity contribution in [3.8, 4) is 0 Å². The van der Waals surface area contributed by atoms with E-state index in [9.17, 15) is 5.11 Å². The Hall–Kier alpha value is -0.820. The molecule has 3 rings (SSSR count). The molecule has 1 nitrogen and oxygen atoms in total. The summed E-state index contributed by atoms with van der Waals surface area (Å²) in [6.45, 7) is 0. The van der Waals surface area contributed by atoms with Crippen molar-refractivity contribution >= 4 is 0 Å². The molecule has 0 aliphatic heterocycles. The van der Waals surface area contributed by atoms with Crippen LogP contribution < -0.4 is 0 Å². The summed E-state index contributed by atoms with van der Waals surface area (Å²) in [5.74, 6) is 1.54. The van der Waals surface area contributed by atoms with Crippen molar-refractivity contribution in [1.29, 1.82) is 0 Å². The number of hydrogen-bond donors (Lipinski definition) is 1. The lowest BCUT2D eigenvalue weighted by Crippen LogP contribution is -2.33. The van der Waals surface area contributed by atoms with E-state index < -0.39 is 5.60 Å². The lowest BCUT2D eigenvalue weighted by molar-refractivity contribution is -0.0255. The predicted molar refractivity (Wildman–Crippen MR) is 60.4 cm³/mol. The summed E-state index contributed by atoms with van der Waals surface area (Å²) in [4.78, 5) is 0. The second-order valence-electron chi connectivity index (χ2n) is 5.35. The first kappa shape index (κ1) is 9.41. The first-order valence-corrected chi connectivity index (χ1v) is 6.04. The normalized spacial score (nSPS) is 39.3. The molecule has 1 heteroatoms. The van der Waals surface area contributed by atoms with Crippen LogP contribution in [-0.2, 0) is 5.60 Å². The second kappa shape index (κ2) is 3.34. The fourth-order valence-corrected chi connectivity index (χ4v) is 3.57. The minimum absolute atomic E-state index is 0.522. The van der Waals surface area contributed by atoms with E-state index in [1.807, 2.05) is 18.2 Å². The minimum atomic E-state index is -0.522. The largest absolute Gasteiger partial charge is 0.385 e. The standard InChI is InChI=1S/C14H18O/c15-14(13-4-2-1-3-5-13)9-11-6-7-12(8-11)10-14/h1-5,11-12,15H,6-10H2/t11-,12+,14?. The number of aliphatic hydroxyl groups is 1. The van der Waals surface area contributed by atoms with Crippen LogP contribution in [0, 0.1) is 11.8 Å². The Morgan fingerprint density at radius 2 is 1.60 bits per heavy atom. The average molecular weight is 202 g/mol. The molecule has 2 saturated carbocycles. The predicted octanol–water partition coefficient (Wildman–Crippen LogP) is 3.08. The number of rotatable bonds is 1. The summed E-state index contributed by atoms with van der Waals surface area (Å²) < 4.78 is 0. The van der Waals surface area contributed by atoms with Crippen LogP contribution in [0.15, 0.2) is 30.3 Å². The van der Waals surface area contributed by atoms with Gasteiger partial charge in [-0.3, -0.25) is 0 Å². The van der Waals surface area contributed by atoms with Gasteiger partial charge in [-0.25, -0.2) is 0 Å². The van der Waals surface area contributed by atoms with Crippen molar-refractivity contribution in [2.75, 3.05) is 0 Å². The van der Waals surface area contributed by atoms with Crippen molar-refractivity contribution < 1.29 is 5.11 Å². The first-order chi connectivity index (χ1) is 7.26. The van der Waals surface area contributed by atoms with E-state index in [2.05, 4.69) is 12.1 Å². The molecule has 1 aromatic carbocycles. The third-order valence-corrected chi connectivity index (χ3v) is 4.21. The maximum atomic E-state index is 10.7. The molecule has 1 unspecified atom stereocenters. The average Bonchev–Trinajstić information content (AvgIpc) is 2.60. The van der Waals surface area contributed by atoms with Crippen LogP contribution in [0.4, 0.5) is 0 Å². The van der Waals surface area contributed by atoms with Gasteiger partial charge < -0.3 is 5.11 Å². The van der Waals surface area contributed by atoms with Crippen molar-refractivity contribution in [2.45, 2.75) is 37.7 Å². The smallest absolute Gasteiger partial charge is 0.0901 e. The van der Waals surface area contributed by atoms with Crippen LogP contribution in [0.5, 0.6) is 0 Å². The number of hydrogen-bond acceptors (Lipinski definition) is 1. The Labute approximate surface area is 91.1 Å². The molecule has 0 radical (unpaired) electrons. The van der Waals surface area contributed by atoms with Crippen LogP contribution in [0.2, 0.25) is 0 Å². The van der Waals surface area contributed by atoms with Gasteiger partial charge in [0.1, 0.15) is 0 Å². The van der Waals surface area contributed by atoms with Crippen LogP contribution in [0.3, 0.4) is 0 Å². The second-order valence-corrected chi connectivity index (χ2v) is 5.35. The summed E-state index contributed by atoms with van der Waals surface area (Å²) in [6, 6.07) is 10.2. The van der Waals surface area contributed by atoms with Crippen molar-refractivity contribution in [3.63, 3.8) is 0 Å². The monoisotopic (exact) mass is 202 g/mol. The van der Waals surface area contributed by atoms with Crippen LogP contribution >= 0.6 is 0 Å². The molecule has 2 fully saturated rings. The molecule has 1 N–H and O–H groups in total. The maximum absolute atomic E-state index is 10.7. The highest BCUT2D eigenvalue weighted by molar-refractivity contribution is 5.23. The minimum Gasteiger partial charge on any atom is -0.385 e. The van der Waals surface area contributed by atoms with Gasteiger partial charge in [-0.1, -0.05) is 43.2 Å². The Kier molecular flexibility index (Phi) is 2.10. The number of benzene rings is 1. The summed E-state index contributed by atoms with van der Waals surface area (Å²) in [6.07, 6.45) is 5.98. The zero-order valence-corrected chi connectivity index (χ0v) is 9.02. The fraction of sp³-hybridized carbons (Fsp3) is 0.571. The van der Waals surface area contributed by atoms with Crippen LogP contribution in [0.25, 0.3) is 0 Å². The Morgan fingerprint density at radius 3 is 2.20 bits per heavy atom. The highest BCUT2D eigenvalue weighted by Crippen LogP contribution is 2.50. The molecule has 3 atom stereocenters. The van der Waals surface area contributed by atoms with E-state index in [0.29, 0.717) is 0 Å². The third kappa shape index (κ3) is 1.59. The molecule has 2 aliphatic carbocycles. The van der Waals surface area contributed by atoms with E-state index in [0.717, 1.165) is 30.2 Å². The Bertz CT molecular complexity index is 332. The first-order valence-electron chi connectivity index (χ1n) is 6.04. The lowest BCUT2D eigenvalue weighted by Gasteiger charge is -2.36. The van der Waals surface area contributed by atoms with E-state index in [-0.39, 0.29) is 0 Å². The van der Waals surface area contributed by atoms with Gasteiger partial charge in [0, 0.05) is 0 Å². The maximum Gasteiger partial charge on any atom is 0.0901 e. The summed E-state index contributed by atoms with van der Waals surface area (Å²) >= 11 is 0. The topological polar surface area (TPSA) is 20.2 Å². The molecule has 0 spiro atoms. The van der Waals surface area contributed by atoms with Crippen molar-refractivity contribution in [1.82, 2.24) is 0 Å². The molecule has 0 heterocycles. The molecule has 0 amide bonds. The van der Waals surface area contributed by atoms with Gasteiger partial charge >= 0.3 is 0 Å². The third-order valence-electron chi connectivity index (χ3n) is 4.21. The van der Waals surface area contributed by atoms with Gasteiger partial charge in [0.15, 0.2) is 0 Å². The van der Waals surface area contributed by atoms with Crippen LogP contribution in [0.1, 0.15) is 37.7 Å². The van der Waals surface area contributed by atoms with Crippen LogP contribution in [-0.4, -0.2) is 5.11 Å². The number of fused-ring (bicyclic) bond motifs is 2. The van der Waals surface area contributed by atoms with E-state index in [1.165, 1.54) is 19.3 Å². The van der Waals surface area contributed by atoms with Gasteiger partial charge in [0.25, 0.3) is 0 Å². The summed E-state index contributed by atoms with van der Waals surface area (Å²) in [5.41, 5.74) is 0.604. The highest BCUT2D eigenvalue weighted by Gasteiger charge is 2.43. The lowest BCUT2D eigenvalue weighted by atomic mass is 9.74. The molecule has 15 heavy (non-hydrogen) atoms. The molecule has 1 aromatic rings. The zero-order valence-electron chi connectivity index (χ0n) is 9.02.